The molecule has 1 aliphatic carbocycles. The van der Waals surface area contributed by atoms with E-state index in [1.165, 1.54) is 30.3 Å². The number of halogens is 4. The van der Waals surface area contributed by atoms with Gasteiger partial charge < -0.3 is 19.4 Å². The van der Waals surface area contributed by atoms with E-state index in [-0.39, 0.29) is 45.8 Å². The average molecular weight is 658 g/mol. The number of esters is 1. The quantitative estimate of drug-likeness (QED) is 0.140. The Morgan fingerprint density at radius 2 is 1.74 bits per heavy atom. The maximum atomic E-state index is 13.6. The van der Waals surface area contributed by atoms with Crippen molar-refractivity contribution in [1.82, 2.24) is 4.31 Å². The van der Waals surface area contributed by atoms with Crippen LogP contribution in [0.4, 0.5) is 8.78 Å². The summed E-state index contributed by atoms with van der Waals surface area (Å²) in [4.78, 5) is 13.7. The lowest BCUT2D eigenvalue weighted by Gasteiger charge is -2.26. The molecule has 43 heavy (non-hydrogen) atoms. The number of carbonyl (C=O) groups excluding carboxylic acids is 1. The summed E-state index contributed by atoms with van der Waals surface area (Å²) in [5.74, 6) is -0.666. The van der Waals surface area contributed by atoms with Crippen LogP contribution in [-0.4, -0.2) is 44.5 Å². The van der Waals surface area contributed by atoms with Gasteiger partial charge in [-0.2, -0.15) is 17.8 Å². The van der Waals surface area contributed by atoms with E-state index < -0.39 is 34.7 Å². The molecule has 1 saturated carbocycles. The molecule has 1 aromatic heterocycles. The third-order valence-corrected chi connectivity index (χ3v) is 9.83. The molecule has 0 N–H and O–H groups in total. The van der Waals surface area contributed by atoms with Crippen molar-refractivity contribution in [2.75, 3.05) is 13.2 Å². The van der Waals surface area contributed by atoms with Crippen LogP contribution in [0, 0.1) is 11.1 Å². The molecular formula is C29H28Cl2F2N2O7S. The van der Waals surface area contributed by atoms with Crippen molar-refractivity contribution in [3.05, 3.63) is 87.3 Å². The molecule has 9 nitrogen and oxygen atoms in total. The van der Waals surface area contributed by atoms with Gasteiger partial charge in [-0.3, -0.25) is 4.79 Å². The summed E-state index contributed by atoms with van der Waals surface area (Å²) < 4.78 is 70.9. The van der Waals surface area contributed by atoms with Crippen LogP contribution in [0.5, 0.6) is 11.5 Å². The first-order valence-corrected chi connectivity index (χ1v) is 15.8. The van der Waals surface area contributed by atoms with Gasteiger partial charge in [-0.25, -0.2) is 8.42 Å². The number of carbonyl (C=O) groups is 1. The molecule has 3 aromatic rings. The number of hydrogen-bond donors (Lipinski definition) is 0. The maximum absolute atomic E-state index is 13.6. The van der Waals surface area contributed by atoms with Crippen LogP contribution < -0.4 is 14.2 Å². The molecular weight excluding hydrogens is 629 g/mol. The Morgan fingerprint density at radius 1 is 1.05 bits per heavy atom. The van der Waals surface area contributed by atoms with Gasteiger partial charge >= 0.3 is 12.6 Å². The average Bonchev–Trinajstić information content (AvgIpc) is 3.65. The van der Waals surface area contributed by atoms with Crippen LogP contribution in [0.2, 0.25) is 10.0 Å². The lowest BCUT2D eigenvalue weighted by molar-refractivity contribution is -0.605. The highest BCUT2D eigenvalue weighted by molar-refractivity contribution is 7.89. The fourth-order valence-corrected chi connectivity index (χ4v) is 7.14. The number of sulfonamides is 1. The van der Waals surface area contributed by atoms with Crippen LogP contribution in [0.15, 0.2) is 65.8 Å². The van der Waals surface area contributed by atoms with Crippen molar-refractivity contribution in [1.29, 1.82) is 0 Å². The number of aromatic nitrogens is 1. The van der Waals surface area contributed by atoms with Crippen molar-refractivity contribution in [2.45, 2.75) is 55.8 Å². The minimum absolute atomic E-state index is 0.0144. The van der Waals surface area contributed by atoms with Crippen LogP contribution in [0.1, 0.15) is 42.9 Å². The smallest absolute Gasteiger partial charge is 0.387 e. The zero-order valence-electron chi connectivity index (χ0n) is 22.7. The Labute approximate surface area is 257 Å². The first-order chi connectivity index (χ1) is 20.5. The molecule has 1 saturated heterocycles. The fraction of sp³-hybridized carbons (Fsp3) is 0.379. The zero-order valence-corrected chi connectivity index (χ0v) is 25.0. The summed E-state index contributed by atoms with van der Waals surface area (Å²) >= 11 is 12.6. The third-order valence-electron chi connectivity index (χ3n) is 7.26. The number of nitrogens with zero attached hydrogens (tertiary/aromatic N) is 2. The number of ether oxygens (including phenoxy) is 3. The Hall–Kier alpha value is -3.19. The molecule has 2 aromatic carbocycles. The lowest BCUT2D eigenvalue weighted by atomic mass is 10.0. The minimum Gasteiger partial charge on any atom is -0.619 e. The number of alkyl halides is 2. The summed E-state index contributed by atoms with van der Waals surface area (Å²) in [6.45, 7) is -2.68. The molecule has 2 aliphatic rings. The topological polar surface area (TPSA) is 109 Å². The molecule has 230 valence electrons. The molecule has 0 bridgehead atoms. The highest BCUT2D eigenvalue weighted by atomic mass is 35.5. The molecule has 2 heterocycles. The Bertz CT molecular complexity index is 1550. The van der Waals surface area contributed by atoms with Crippen LogP contribution in [0.25, 0.3) is 0 Å². The number of rotatable bonds is 12. The third kappa shape index (κ3) is 7.49. The lowest BCUT2D eigenvalue weighted by Crippen LogP contribution is -2.41. The molecule has 0 unspecified atom stereocenters. The zero-order chi connectivity index (χ0) is 30.7. The SMILES string of the molecule is O=C(O[C@@H](Cc1c(Cl)c[n+]([O-])cc1Cl)c1ccc(OC(F)F)c(OCC2CC2)c1)[C@H]1CCCN1S(=O)(=O)c1ccccc1. The van der Waals surface area contributed by atoms with Crippen molar-refractivity contribution < 1.29 is 40.9 Å². The summed E-state index contributed by atoms with van der Waals surface area (Å²) in [6.07, 6.45) is 3.55. The Balaban J connectivity index is 1.47. The fourth-order valence-electron chi connectivity index (χ4n) is 4.87. The van der Waals surface area contributed by atoms with Gasteiger partial charge in [0, 0.05) is 18.5 Å². The van der Waals surface area contributed by atoms with Gasteiger partial charge in [0.05, 0.1) is 11.5 Å². The molecule has 0 amide bonds. The van der Waals surface area contributed by atoms with Gasteiger partial charge in [0.15, 0.2) is 23.9 Å². The normalized spacial score (nSPS) is 18.0. The molecule has 1 aliphatic heterocycles. The Morgan fingerprint density at radius 3 is 2.40 bits per heavy atom. The van der Waals surface area contributed by atoms with E-state index in [9.17, 15) is 27.2 Å². The molecule has 0 spiro atoms. The molecule has 0 radical (unpaired) electrons. The van der Waals surface area contributed by atoms with Crippen molar-refractivity contribution >= 4 is 39.2 Å². The van der Waals surface area contributed by atoms with Crippen molar-refractivity contribution in [3.63, 3.8) is 0 Å². The standard InChI is InChI=1S/C29H28Cl2F2N2O7S/c30-22-15-34(37)16-23(31)21(22)14-26(19-10-11-25(42-29(32)33)27(13-19)40-17-18-8-9-18)41-28(36)24-7-4-12-35(24)43(38,39)20-5-2-1-3-6-20/h1-3,5-6,10-11,13,15-16,18,24,26,29H,4,7-9,12,14,17H2/t24-,26+/m1/s1. The maximum Gasteiger partial charge on any atom is 0.387 e. The van der Waals surface area contributed by atoms with Gasteiger partial charge in [-0.15, -0.1) is 0 Å². The summed E-state index contributed by atoms with van der Waals surface area (Å²) in [6, 6.07) is 10.8. The number of pyridine rings is 1. The van der Waals surface area contributed by atoms with Crippen molar-refractivity contribution in [3.8, 4) is 11.5 Å². The van der Waals surface area contributed by atoms with Crippen LogP contribution >= 0.6 is 23.2 Å². The number of hydrogen-bond acceptors (Lipinski definition) is 7. The predicted molar refractivity (Wildman–Crippen MR) is 153 cm³/mol. The van der Waals surface area contributed by atoms with E-state index in [1.54, 1.807) is 18.2 Å². The summed E-state index contributed by atoms with van der Waals surface area (Å²) in [5.41, 5.74) is 0.629. The van der Waals surface area contributed by atoms with E-state index in [1.807, 2.05) is 0 Å². The van der Waals surface area contributed by atoms with E-state index in [0.717, 1.165) is 29.5 Å². The van der Waals surface area contributed by atoms with Gasteiger partial charge in [0.1, 0.15) is 22.2 Å². The monoisotopic (exact) mass is 656 g/mol. The highest BCUT2D eigenvalue weighted by Crippen LogP contribution is 2.38. The second-order valence-electron chi connectivity index (χ2n) is 10.3. The molecule has 5 rings (SSSR count). The van der Waals surface area contributed by atoms with E-state index >= 15 is 0 Å². The van der Waals surface area contributed by atoms with Gasteiger partial charge in [-0.05, 0) is 61.4 Å². The van der Waals surface area contributed by atoms with Gasteiger partial charge in [0.25, 0.3) is 0 Å². The highest BCUT2D eigenvalue weighted by Gasteiger charge is 2.41. The van der Waals surface area contributed by atoms with Gasteiger partial charge in [-0.1, -0.05) is 47.5 Å². The van der Waals surface area contributed by atoms with E-state index in [2.05, 4.69) is 4.74 Å². The second-order valence-corrected chi connectivity index (χ2v) is 13.1. The molecule has 2 fully saturated rings. The first-order valence-electron chi connectivity index (χ1n) is 13.6. The summed E-state index contributed by atoms with van der Waals surface area (Å²) in [5, 5.41) is 11.9. The van der Waals surface area contributed by atoms with Crippen LogP contribution in [0.3, 0.4) is 0 Å². The molecule has 2 atom stereocenters. The molecule has 14 heteroatoms. The largest absolute Gasteiger partial charge is 0.619 e. The summed E-state index contributed by atoms with van der Waals surface area (Å²) in [7, 11) is -4.00. The van der Waals surface area contributed by atoms with Crippen molar-refractivity contribution in [2.24, 2.45) is 5.92 Å². The second kappa shape index (κ2) is 13.2. The minimum atomic E-state index is -4.00. The number of benzene rings is 2. The Kier molecular flexibility index (Phi) is 9.60. The first kappa shape index (κ1) is 31.2. The van der Waals surface area contributed by atoms with Crippen LogP contribution in [-0.2, 0) is 26.0 Å². The predicted octanol–water partition coefficient (Wildman–Crippen LogP) is 5.70. The van der Waals surface area contributed by atoms with Gasteiger partial charge in [0.2, 0.25) is 10.0 Å². The van der Waals surface area contributed by atoms with E-state index in [0.29, 0.717) is 34.8 Å². The van der Waals surface area contributed by atoms with E-state index in [4.69, 9.17) is 32.7 Å².